The van der Waals surface area contributed by atoms with Crippen molar-refractivity contribution in [3.8, 4) is 0 Å². The molecule has 4 heteroatoms. The molecule has 112 valence electrons. The number of piperidine rings is 1. The van der Waals surface area contributed by atoms with Gasteiger partial charge in [-0.3, -0.25) is 9.80 Å². The summed E-state index contributed by atoms with van der Waals surface area (Å²) in [5.74, 6) is 0. The summed E-state index contributed by atoms with van der Waals surface area (Å²) in [6.07, 6.45) is 4.25. The molecule has 1 atom stereocenters. The molecule has 2 fully saturated rings. The predicted molar refractivity (Wildman–Crippen MR) is 86.2 cm³/mol. The number of rotatable bonds is 5. The lowest BCUT2D eigenvalue weighted by Gasteiger charge is -2.44. The van der Waals surface area contributed by atoms with Gasteiger partial charge < -0.3 is 5.32 Å². The average Bonchev–Trinajstić information content (AvgIpc) is 2.92. The second-order valence-electron chi connectivity index (χ2n) is 6.07. The first kappa shape index (κ1) is 14.5. The van der Waals surface area contributed by atoms with Crippen molar-refractivity contribution in [2.45, 2.75) is 45.3 Å². The zero-order chi connectivity index (χ0) is 13.8. The number of hydrogen-bond donors (Lipinski definition) is 1. The molecular weight excluding hydrogens is 266 g/mol. The maximum atomic E-state index is 3.41. The van der Waals surface area contributed by atoms with Crippen LogP contribution in [-0.4, -0.2) is 48.6 Å². The summed E-state index contributed by atoms with van der Waals surface area (Å²) < 4.78 is 0. The number of fused-ring (bicyclic) bond motifs is 1. The number of thiophene rings is 1. The molecule has 3 heterocycles. The molecule has 0 amide bonds. The molecule has 1 N–H and O–H groups in total. The van der Waals surface area contributed by atoms with Crippen molar-refractivity contribution in [3.05, 3.63) is 21.9 Å². The first-order chi connectivity index (χ1) is 9.85. The van der Waals surface area contributed by atoms with E-state index in [9.17, 15) is 0 Å². The van der Waals surface area contributed by atoms with Gasteiger partial charge in [0.15, 0.2) is 0 Å². The van der Waals surface area contributed by atoms with Crippen LogP contribution in [0.4, 0.5) is 0 Å². The topological polar surface area (TPSA) is 18.5 Å². The van der Waals surface area contributed by atoms with Crippen molar-refractivity contribution in [1.82, 2.24) is 15.1 Å². The third-order valence-corrected chi connectivity index (χ3v) is 5.64. The number of piperazine rings is 1. The Hall–Kier alpha value is -0.420. The molecular formula is C16H27N3S. The molecule has 0 aromatic carbocycles. The van der Waals surface area contributed by atoms with Crippen LogP contribution in [-0.2, 0) is 13.1 Å². The highest BCUT2D eigenvalue weighted by Crippen LogP contribution is 2.24. The van der Waals surface area contributed by atoms with E-state index in [0.29, 0.717) is 0 Å². The van der Waals surface area contributed by atoms with E-state index in [4.69, 9.17) is 0 Å². The van der Waals surface area contributed by atoms with Gasteiger partial charge in [0.05, 0.1) is 0 Å². The van der Waals surface area contributed by atoms with E-state index in [1.165, 1.54) is 55.2 Å². The molecule has 1 aromatic rings. The molecule has 1 aromatic heterocycles. The van der Waals surface area contributed by atoms with Crippen LogP contribution in [0.15, 0.2) is 12.1 Å². The highest BCUT2D eigenvalue weighted by Gasteiger charge is 2.28. The minimum absolute atomic E-state index is 0.832. The minimum Gasteiger partial charge on any atom is -0.312 e. The second-order valence-corrected chi connectivity index (χ2v) is 7.32. The van der Waals surface area contributed by atoms with E-state index in [1.54, 1.807) is 0 Å². The fourth-order valence-electron chi connectivity index (χ4n) is 3.43. The molecule has 3 nitrogen and oxygen atoms in total. The maximum absolute atomic E-state index is 3.41. The van der Waals surface area contributed by atoms with Gasteiger partial charge in [-0.05, 0) is 38.1 Å². The van der Waals surface area contributed by atoms with Crippen molar-refractivity contribution in [1.29, 1.82) is 0 Å². The molecule has 1 unspecified atom stereocenters. The maximum Gasteiger partial charge on any atom is 0.0329 e. The van der Waals surface area contributed by atoms with Gasteiger partial charge in [-0.15, -0.1) is 11.3 Å². The second kappa shape index (κ2) is 7.03. The Morgan fingerprint density at radius 2 is 2.10 bits per heavy atom. The number of nitrogens with one attached hydrogen (secondary N) is 1. The Morgan fingerprint density at radius 1 is 1.20 bits per heavy atom. The lowest BCUT2D eigenvalue weighted by molar-refractivity contribution is 0.0461. The van der Waals surface area contributed by atoms with Crippen molar-refractivity contribution < 1.29 is 0 Å². The third kappa shape index (κ3) is 3.61. The number of nitrogens with zero attached hydrogens (tertiary/aromatic N) is 2. The highest BCUT2D eigenvalue weighted by atomic mass is 32.1. The molecule has 3 rings (SSSR count). The summed E-state index contributed by atoms with van der Waals surface area (Å²) in [6, 6.07) is 5.45. The summed E-state index contributed by atoms with van der Waals surface area (Å²) in [5.41, 5.74) is 0. The van der Waals surface area contributed by atoms with E-state index in [2.05, 4.69) is 34.2 Å². The molecule has 2 aliphatic heterocycles. The first-order valence-electron chi connectivity index (χ1n) is 8.10. The standard InChI is InChI=1S/C16H27N3S/c1-2-17-11-15-6-7-16(20-15)13-18-9-10-19-8-4-3-5-14(19)12-18/h6-7,14,17H,2-5,8-13H2,1H3. The zero-order valence-electron chi connectivity index (χ0n) is 12.6. The van der Waals surface area contributed by atoms with Crippen molar-refractivity contribution in [2.24, 2.45) is 0 Å². The fraction of sp³-hybridized carbons (Fsp3) is 0.750. The summed E-state index contributed by atoms with van der Waals surface area (Å²) >= 11 is 1.98. The quantitative estimate of drug-likeness (QED) is 0.900. The zero-order valence-corrected chi connectivity index (χ0v) is 13.4. The van der Waals surface area contributed by atoms with Crippen LogP contribution in [0.2, 0.25) is 0 Å². The first-order valence-corrected chi connectivity index (χ1v) is 8.91. The van der Waals surface area contributed by atoms with E-state index in [0.717, 1.165) is 25.7 Å². The normalized spacial score (nSPS) is 24.8. The van der Waals surface area contributed by atoms with Crippen LogP contribution < -0.4 is 5.32 Å². The molecule has 2 saturated heterocycles. The smallest absolute Gasteiger partial charge is 0.0329 e. The van der Waals surface area contributed by atoms with E-state index in [1.807, 2.05) is 11.3 Å². The lowest BCUT2D eigenvalue weighted by Crippen LogP contribution is -2.54. The third-order valence-electron chi connectivity index (χ3n) is 4.57. The van der Waals surface area contributed by atoms with Crippen LogP contribution in [0.5, 0.6) is 0 Å². The summed E-state index contributed by atoms with van der Waals surface area (Å²) in [5, 5.41) is 3.41. The average molecular weight is 293 g/mol. The van der Waals surface area contributed by atoms with Gasteiger partial charge in [-0.2, -0.15) is 0 Å². The Morgan fingerprint density at radius 3 is 3.00 bits per heavy atom. The number of hydrogen-bond acceptors (Lipinski definition) is 4. The van der Waals surface area contributed by atoms with E-state index < -0.39 is 0 Å². The Bertz CT molecular complexity index is 418. The predicted octanol–water partition coefficient (Wildman–Crippen LogP) is 2.53. The van der Waals surface area contributed by atoms with Crippen LogP contribution in [0.25, 0.3) is 0 Å². The van der Waals surface area contributed by atoms with Gasteiger partial charge in [0.25, 0.3) is 0 Å². The Labute approximate surface area is 127 Å². The Balaban J connectivity index is 1.51. The lowest BCUT2D eigenvalue weighted by atomic mass is 9.99. The molecule has 0 aliphatic carbocycles. The molecule has 0 bridgehead atoms. The summed E-state index contributed by atoms with van der Waals surface area (Å²) in [7, 11) is 0. The Kier molecular flexibility index (Phi) is 5.10. The van der Waals surface area contributed by atoms with E-state index >= 15 is 0 Å². The van der Waals surface area contributed by atoms with Gasteiger partial charge in [0.2, 0.25) is 0 Å². The molecule has 0 radical (unpaired) electrons. The molecule has 0 saturated carbocycles. The monoisotopic (exact) mass is 293 g/mol. The molecule has 20 heavy (non-hydrogen) atoms. The van der Waals surface area contributed by atoms with Crippen molar-refractivity contribution >= 4 is 11.3 Å². The van der Waals surface area contributed by atoms with Crippen molar-refractivity contribution in [3.63, 3.8) is 0 Å². The largest absolute Gasteiger partial charge is 0.312 e. The summed E-state index contributed by atoms with van der Waals surface area (Å²) in [6.45, 7) is 10.5. The van der Waals surface area contributed by atoms with Crippen molar-refractivity contribution in [2.75, 3.05) is 32.7 Å². The van der Waals surface area contributed by atoms with Crippen LogP contribution >= 0.6 is 11.3 Å². The van der Waals surface area contributed by atoms with Crippen LogP contribution in [0.1, 0.15) is 35.9 Å². The van der Waals surface area contributed by atoms with Crippen LogP contribution in [0.3, 0.4) is 0 Å². The molecule has 0 spiro atoms. The SMILES string of the molecule is CCNCc1ccc(CN2CCN3CCCCC3C2)s1. The van der Waals surface area contributed by atoms with Gasteiger partial charge >= 0.3 is 0 Å². The van der Waals surface area contributed by atoms with E-state index in [-0.39, 0.29) is 0 Å². The van der Waals surface area contributed by atoms with Crippen LogP contribution in [0, 0.1) is 0 Å². The minimum atomic E-state index is 0.832. The fourth-order valence-corrected chi connectivity index (χ4v) is 4.47. The summed E-state index contributed by atoms with van der Waals surface area (Å²) in [4.78, 5) is 8.38. The van der Waals surface area contributed by atoms with Gasteiger partial charge in [-0.1, -0.05) is 13.3 Å². The van der Waals surface area contributed by atoms with Gasteiger partial charge in [-0.25, -0.2) is 0 Å². The molecule has 2 aliphatic rings. The van der Waals surface area contributed by atoms with Gasteiger partial charge in [0.1, 0.15) is 0 Å². The van der Waals surface area contributed by atoms with Gasteiger partial charge in [0, 0.05) is 48.5 Å². The highest BCUT2D eigenvalue weighted by molar-refractivity contribution is 7.11.